The summed E-state index contributed by atoms with van der Waals surface area (Å²) >= 11 is 0. The number of nitrogens with zero attached hydrogens (tertiary/aromatic N) is 3. The first-order chi connectivity index (χ1) is 14.5. The lowest BCUT2D eigenvalue weighted by Crippen LogP contribution is -2.25. The third-order valence-electron chi connectivity index (χ3n) is 5.52. The Labute approximate surface area is 177 Å². The largest absolute Gasteiger partial charge is 0.485 e. The van der Waals surface area contributed by atoms with Gasteiger partial charge in [-0.15, -0.1) is 0 Å². The topological polar surface area (TPSA) is 49.0 Å². The Hall–Kier alpha value is -3.26. The summed E-state index contributed by atoms with van der Waals surface area (Å²) in [6.07, 6.45) is 6.14. The number of aromatic nitrogens is 3. The van der Waals surface area contributed by atoms with E-state index in [2.05, 4.69) is 35.9 Å². The van der Waals surface area contributed by atoms with Gasteiger partial charge < -0.3 is 13.9 Å². The number of hydrogen-bond donors (Lipinski definition) is 0. The minimum Gasteiger partial charge on any atom is -0.485 e. The maximum atomic E-state index is 12.9. The third-order valence-corrected chi connectivity index (χ3v) is 5.52. The molecule has 0 saturated heterocycles. The number of ether oxygens (including phenoxy) is 1. The molecule has 154 valence electrons. The molecular weight excluding hydrogens is 374 g/mol. The van der Waals surface area contributed by atoms with Gasteiger partial charge in [-0.1, -0.05) is 24.0 Å². The number of rotatable bonds is 6. The Morgan fingerprint density at radius 3 is 2.67 bits per heavy atom. The second-order valence-corrected chi connectivity index (χ2v) is 7.80. The molecule has 1 atom stereocenters. The molecule has 5 heteroatoms. The Kier molecular flexibility index (Phi) is 5.76. The van der Waals surface area contributed by atoms with Gasteiger partial charge in [0.2, 0.25) is 0 Å². The van der Waals surface area contributed by atoms with Crippen LogP contribution in [-0.2, 0) is 13.2 Å². The fourth-order valence-corrected chi connectivity index (χ4v) is 3.58. The van der Waals surface area contributed by atoms with E-state index < -0.39 is 0 Å². The monoisotopic (exact) mass is 401 g/mol. The first-order valence-corrected chi connectivity index (χ1v) is 10.5. The van der Waals surface area contributed by atoms with E-state index >= 15 is 0 Å². The molecule has 5 nitrogen and oxygen atoms in total. The zero-order valence-corrected chi connectivity index (χ0v) is 17.8. The predicted octanol–water partition coefficient (Wildman–Crippen LogP) is 4.32. The van der Waals surface area contributed by atoms with E-state index in [9.17, 15) is 4.79 Å². The average Bonchev–Trinajstić information content (AvgIpc) is 3.46. The molecule has 2 heterocycles. The second kappa shape index (κ2) is 8.62. The van der Waals surface area contributed by atoms with E-state index in [0.717, 1.165) is 29.2 Å². The van der Waals surface area contributed by atoms with Gasteiger partial charge in [-0.3, -0.25) is 4.79 Å². The van der Waals surface area contributed by atoms with Gasteiger partial charge in [0, 0.05) is 42.2 Å². The zero-order valence-electron chi connectivity index (χ0n) is 17.8. The summed E-state index contributed by atoms with van der Waals surface area (Å²) in [7, 11) is 0. The van der Waals surface area contributed by atoms with Gasteiger partial charge in [-0.05, 0) is 57.4 Å². The van der Waals surface area contributed by atoms with Gasteiger partial charge in [-0.2, -0.15) is 0 Å². The van der Waals surface area contributed by atoms with Crippen LogP contribution < -0.4 is 10.3 Å². The molecule has 30 heavy (non-hydrogen) atoms. The van der Waals surface area contributed by atoms with Crippen molar-refractivity contribution in [2.75, 3.05) is 0 Å². The molecule has 0 bridgehead atoms. The van der Waals surface area contributed by atoms with Crippen molar-refractivity contribution in [1.29, 1.82) is 0 Å². The molecule has 4 rings (SSSR count). The lowest BCUT2D eigenvalue weighted by atomic mass is 10.1. The van der Waals surface area contributed by atoms with Crippen LogP contribution in [0.1, 0.15) is 55.4 Å². The Morgan fingerprint density at radius 1 is 1.23 bits per heavy atom. The molecule has 0 spiro atoms. The molecule has 0 aliphatic heterocycles. The molecule has 1 fully saturated rings. The first kappa shape index (κ1) is 20.0. The highest BCUT2D eigenvalue weighted by atomic mass is 16.5. The molecule has 0 amide bonds. The number of aryl methyl sites for hydroxylation is 2. The summed E-state index contributed by atoms with van der Waals surface area (Å²) in [5.74, 6) is 8.52. The van der Waals surface area contributed by atoms with Crippen LogP contribution in [0.25, 0.3) is 0 Å². The van der Waals surface area contributed by atoms with Crippen LogP contribution in [0.15, 0.2) is 53.6 Å². The van der Waals surface area contributed by atoms with Crippen molar-refractivity contribution >= 4 is 0 Å². The average molecular weight is 402 g/mol. The molecule has 1 saturated carbocycles. The summed E-state index contributed by atoms with van der Waals surface area (Å²) < 4.78 is 9.67. The zero-order chi connectivity index (χ0) is 21.1. The van der Waals surface area contributed by atoms with Gasteiger partial charge in [-0.25, -0.2) is 4.98 Å². The number of imidazole rings is 1. The maximum absolute atomic E-state index is 12.9. The Balaban J connectivity index is 1.49. The predicted molar refractivity (Wildman–Crippen MR) is 118 cm³/mol. The third kappa shape index (κ3) is 4.49. The smallest absolute Gasteiger partial charge is 0.254 e. The Bertz CT molecular complexity index is 1140. The van der Waals surface area contributed by atoms with Gasteiger partial charge in [0.25, 0.3) is 5.56 Å². The highest BCUT2D eigenvalue weighted by molar-refractivity contribution is 5.38. The normalized spacial score (nSPS) is 14.1. The van der Waals surface area contributed by atoms with Crippen molar-refractivity contribution < 1.29 is 4.74 Å². The quantitative estimate of drug-likeness (QED) is 0.578. The summed E-state index contributed by atoms with van der Waals surface area (Å²) in [6, 6.07) is 11.6. The van der Waals surface area contributed by atoms with E-state index in [1.54, 1.807) is 16.8 Å². The molecule has 0 radical (unpaired) electrons. The second-order valence-electron chi connectivity index (χ2n) is 7.80. The highest BCUT2D eigenvalue weighted by Crippen LogP contribution is 2.27. The highest BCUT2D eigenvalue weighted by Gasteiger charge is 2.18. The van der Waals surface area contributed by atoms with Gasteiger partial charge in [0.1, 0.15) is 18.2 Å². The van der Waals surface area contributed by atoms with Crippen LogP contribution in [0.3, 0.4) is 0 Å². The van der Waals surface area contributed by atoms with Crippen molar-refractivity contribution in [3.8, 4) is 17.6 Å². The number of hydrogen-bond acceptors (Lipinski definition) is 3. The van der Waals surface area contributed by atoms with Crippen LogP contribution in [0, 0.1) is 24.7 Å². The standard InChI is InChI=1S/C25H27N3O2/c1-4-27-14-13-26-24(27)17-30-23-15-18(2)28(25(29)16-23)19(3)22-11-9-21(10-12-22)8-7-20-5-6-20/h9-16,19-20H,4-6,17H2,1-3H3/t19-/m1/s1. The van der Waals surface area contributed by atoms with Crippen molar-refractivity contribution in [2.45, 2.75) is 52.8 Å². The summed E-state index contributed by atoms with van der Waals surface area (Å²) in [6.45, 7) is 7.21. The fourth-order valence-electron chi connectivity index (χ4n) is 3.58. The summed E-state index contributed by atoms with van der Waals surface area (Å²) in [5.41, 5.74) is 2.89. The van der Waals surface area contributed by atoms with Crippen LogP contribution in [-0.4, -0.2) is 14.1 Å². The molecular formula is C25H27N3O2. The minimum absolute atomic E-state index is 0.0732. The van der Waals surface area contributed by atoms with Crippen molar-refractivity contribution in [3.63, 3.8) is 0 Å². The summed E-state index contributed by atoms with van der Waals surface area (Å²) in [4.78, 5) is 17.2. The molecule has 0 N–H and O–H groups in total. The van der Waals surface area contributed by atoms with Crippen molar-refractivity contribution in [3.05, 3.63) is 81.8 Å². The number of benzene rings is 1. The molecule has 1 aliphatic rings. The Morgan fingerprint density at radius 2 is 2.00 bits per heavy atom. The van der Waals surface area contributed by atoms with E-state index in [1.807, 2.05) is 42.8 Å². The molecule has 1 aromatic carbocycles. The molecule has 0 unspecified atom stereocenters. The first-order valence-electron chi connectivity index (χ1n) is 10.5. The van der Waals surface area contributed by atoms with Crippen LogP contribution in [0.2, 0.25) is 0 Å². The van der Waals surface area contributed by atoms with Crippen LogP contribution in [0.5, 0.6) is 5.75 Å². The van der Waals surface area contributed by atoms with E-state index in [0.29, 0.717) is 18.3 Å². The molecule has 1 aliphatic carbocycles. The number of pyridine rings is 1. The van der Waals surface area contributed by atoms with Gasteiger partial charge in [0.15, 0.2) is 0 Å². The van der Waals surface area contributed by atoms with Crippen LogP contribution >= 0.6 is 0 Å². The van der Waals surface area contributed by atoms with E-state index in [4.69, 9.17) is 4.74 Å². The van der Waals surface area contributed by atoms with E-state index in [-0.39, 0.29) is 11.6 Å². The maximum Gasteiger partial charge on any atom is 0.254 e. The fraction of sp³-hybridized carbons (Fsp3) is 0.360. The lowest BCUT2D eigenvalue weighted by Gasteiger charge is -2.19. The van der Waals surface area contributed by atoms with Gasteiger partial charge in [0.05, 0.1) is 6.04 Å². The molecule has 2 aromatic heterocycles. The minimum atomic E-state index is -0.0751. The van der Waals surface area contributed by atoms with Crippen molar-refractivity contribution in [2.24, 2.45) is 5.92 Å². The van der Waals surface area contributed by atoms with E-state index in [1.165, 1.54) is 12.8 Å². The van der Waals surface area contributed by atoms with Gasteiger partial charge >= 0.3 is 0 Å². The van der Waals surface area contributed by atoms with Crippen LogP contribution in [0.4, 0.5) is 0 Å². The SMILES string of the molecule is CCn1ccnc1COc1cc(C)n([C@H](C)c2ccc(C#CC3CC3)cc2)c(=O)c1. The lowest BCUT2D eigenvalue weighted by molar-refractivity contribution is 0.288. The van der Waals surface area contributed by atoms with Crippen molar-refractivity contribution in [1.82, 2.24) is 14.1 Å². The summed E-state index contributed by atoms with van der Waals surface area (Å²) in [5, 5.41) is 0. The molecule has 3 aromatic rings.